The number of benzene rings is 1. The maximum absolute atomic E-state index is 4.44. The van der Waals surface area contributed by atoms with Gasteiger partial charge in [0, 0.05) is 11.3 Å². The molecule has 0 bridgehead atoms. The van der Waals surface area contributed by atoms with Crippen molar-refractivity contribution in [3.8, 4) is 0 Å². The van der Waals surface area contributed by atoms with E-state index in [2.05, 4.69) is 55.2 Å². The van der Waals surface area contributed by atoms with E-state index in [4.69, 9.17) is 0 Å². The first kappa shape index (κ1) is 16.2. The molecule has 1 heterocycles. The Kier molecular flexibility index (Phi) is 6.23. The minimum absolute atomic E-state index is 0.711. The number of amidine groups is 1. The fourth-order valence-corrected chi connectivity index (χ4v) is 2.56. The van der Waals surface area contributed by atoms with Crippen molar-refractivity contribution in [1.82, 2.24) is 5.32 Å². The molecule has 0 fully saturated rings. The van der Waals surface area contributed by atoms with Gasteiger partial charge in [-0.3, -0.25) is 4.99 Å². The molecule has 1 aliphatic heterocycles. The summed E-state index contributed by atoms with van der Waals surface area (Å²) in [5.74, 6) is 1.70. The van der Waals surface area contributed by atoms with Crippen LogP contribution in [0.3, 0.4) is 0 Å². The Labute approximate surface area is 123 Å². The van der Waals surface area contributed by atoms with Gasteiger partial charge in [0.25, 0.3) is 0 Å². The zero-order valence-electron chi connectivity index (χ0n) is 13.0. The second-order valence-corrected chi connectivity index (χ2v) is 4.75. The van der Waals surface area contributed by atoms with E-state index in [-0.39, 0.29) is 0 Å². The topological polar surface area (TPSA) is 24.4 Å². The van der Waals surface area contributed by atoms with Crippen LogP contribution in [0, 0.1) is 0 Å². The first-order valence-corrected chi connectivity index (χ1v) is 7.36. The second-order valence-electron chi connectivity index (χ2n) is 4.75. The molecule has 0 aromatic heterocycles. The van der Waals surface area contributed by atoms with E-state index in [0.29, 0.717) is 6.54 Å². The first-order valence-electron chi connectivity index (χ1n) is 7.36. The van der Waals surface area contributed by atoms with Crippen LogP contribution in [-0.2, 0) is 6.42 Å². The monoisotopic (exact) mass is 270 g/mol. The fourth-order valence-electron chi connectivity index (χ4n) is 2.56. The predicted octanol–water partition coefficient (Wildman–Crippen LogP) is 4.43. The summed E-state index contributed by atoms with van der Waals surface area (Å²) < 4.78 is 0. The van der Waals surface area contributed by atoms with Gasteiger partial charge in [-0.05, 0) is 36.0 Å². The number of hydrogen-bond donors (Lipinski definition) is 1. The Morgan fingerprint density at radius 1 is 1.25 bits per heavy atom. The first-order chi connectivity index (χ1) is 9.74. The van der Waals surface area contributed by atoms with E-state index >= 15 is 0 Å². The molecule has 2 heteroatoms. The number of aryl methyl sites for hydroxylation is 1. The summed E-state index contributed by atoms with van der Waals surface area (Å²) in [7, 11) is 0. The van der Waals surface area contributed by atoms with Crippen LogP contribution in [0.2, 0.25) is 0 Å². The molecule has 0 spiro atoms. The normalized spacial score (nSPS) is 18.9. The van der Waals surface area contributed by atoms with Crippen molar-refractivity contribution in [3.63, 3.8) is 0 Å². The Morgan fingerprint density at radius 3 is 2.55 bits per heavy atom. The van der Waals surface area contributed by atoms with Crippen LogP contribution in [0.4, 0.5) is 0 Å². The van der Waals surface area contributed by atoms with Crippen LogP contribution in [-0.4, -0.2) is 12.4 Å². The van der Waals surface area contributed by atoms with Gasteiger partial charge in [0.2, 0.25) is 0 Å². The highest BCUT2D eigenvalue weighted by molar-refractivity contribution is 6.01. The van der Waals surface area contributed by atoms with Crippen molar-refractivity contribution in [1.29, 1.82) is 0 Å². The average Bonchev–Trinajstić information content (AvgIpc) is 3.10. The maximum Gasteiger partial charge on any atom is 0.132 e. The van der Waals surface area contributed by atoms with Gasteiger partial charge in [-0.1, -0.05) is 39.5 Å². The molecule has 2 nitrogen and oxygen atoms in total. The van der Waals surface area contributed by atoms with E-state index in [1.54, 1.807) is 0 Å². The lowest BCUT2D eigenvalue weighted by Crippen LogP contribution is -2.17. The van der Waals surface area contributed by atoms with E-state index in [1.807, 2.05) is 13.8 Å². The second kappa shape index (κ2) is 7.68. The third-order valence-electron chi connectivity index (χ3n) is 3.52. The van der Waals surface area contributed by atoms with Crippen molar-refractivity contribution in [2.24, 2.45) is 4.99 Å². The van der Waals surface area contributed by atoms with E-state index in [1.165, 1.54) is 29.5 Å². The van der Waals surface area contributed by atoms with Crippen molar-refractivity contribution in [3.05, 3.63) is 60.3 Å². The molecule has 1 N–H and O–H groups in total. The average molecular weight is 270 g/mol. The van der Waals surface area contributed by atoms with Crippen LogP contribution in [0.5, 0.6) is 0 Å². The summed E-state index contributed by atoms with van der Waals surface area (Å²) in [6, 6.07) is 6.71. The van der Waals surface area contributed by atoms with Gasteiger partial charge in [0.1, 0.15) is 5.84 Å². The minimum Gasteiger partial charge on any atom is -0.342 e. The lowest BCUT2D eigenvalue weighted by molar-refractivity contribution is 0.747. The number of hydrogen-bond acceptors (Lipinski definition) is 2. The summed E-state index contributed by atoms with van der Waals surface area (Å²) >= 11 is 0. The number of rotatable bonds is 1. The van der Waals surface area contributed by atoms with Crippen LogP contribution < -0.4 is 5.32 Å². The Morgan fingerprint density at radius 2 is 1.95 bits per heavy atom. The molecule has 1 aromatic carbocycles. The van der Waals surface area contributed by atoms with Crippen molar-refractivity contribution in [2.75, 3.05) is 6.54 Å². The van der Waals surface area contributed by atoms with Gasteiger partial charge in [0.15, 0.2) is 0 Å². The molecule has 1 atom stereocenters. The molecule has 1 aromatic rings. The van der Waals surface area contributed by atoms with Crippen molar-refractivity contribution < 1.29 is 0 Å². The molecule has 0 saturated carbocycles. The van der Waals surface area contributed by atoms with Gasteiger partial charge in [-0.2, -0.15) is 0 Å². The molecule has 3 rings (SSSR count). The van der Waals surface area contributed by atoms with Crippen LogP contribution >= 0.6 is 0 Å². The van der Waals surface area contributed by atoms with Gasteiger partial charge < -0.3 is 5.32 Å². The van der Waals surface area contributed by atoms with E-state index in [9.17, 15) is 0 Å². The van der Waals surface area contributed by atoms with Gasteiger partial charge in [-0.25, -0.2) is 0 Å². The molecule has 0 amide bonds. The zero-order chi connectivity index (χ0) is 15.1. The molecule has 1 unspecified atom stereocenters. The summed E-state index contributed by atoms with van der Waals surface area (Å²) in [6.45, 7) is 16.9. The van der Waals surface area contributed by atoms with Gasteiger partial charge >= 0.3 is 0 Å². The summed E-state index contributed by atoms with van der Waals surface area (Å²) in [5.41, 5.74) is 5.20. The lowest BCUT2D eigenvalue weighted by Gasteiger charge is -2.07. The van der Waals surface area contributed by atoms with Gasteiger partial charge in [0.05, 0.1) is 6.54 Å². The minimum atomic E-state index is 0.711. The maximum atomic E-state index is 4.44. The highest BCUT2D eigenvalue weighted by Crippen LogP contribution is 2.33. The summed E-state index contributed by atoms with van der Waals surface area (Å²) in [4.78, 5) is 4.44. The van der Waals surface area contributed by atoms with Crippen LogP contribution in [0.1, 0.15) is 49.8 Å². The Balaban J connectivity index is 0.000000461. The molecule has 0 saturated heterocycles. The number of nitrogens with one attached hydrogen (secondary N) is 1. The molecule has 20 heavy (non-hydrogen) atoms. The highest BCUT2D eigenvalue weighted by atomic mass is 15.1. The molecular formula is C18H26N2. The van der Waals surface area contributed by atoms with Crippen molar-refractivity contribution in [2.45, 2.75) is 39.5 Å². The third-order valence-corrected chi connectivity index (χ3v) is 3.52. The Hall–Kier alpha value is -1.83. The Bertz CT molecular complexity index is 500. The van der Waals surface area contributed by atoms with Crippen LogP contribution in [0.25, 0.3) is 0 Å². The molecule has 0 radical (unpaired) electrons. The SMILES string of the molecule is C=C.C=C1CN=C(c2ccc3c(c2)CCC3C)N1.CC. The van der Waals surface area contributed by atoms with Crippen LogP contribution in [0.15, 0.2) is 48.6 Å². The fraction of sp³-hybridized carbons (Fsp3) is 0.389. The van der Waals surface area contributed by atoms with E-state index in [0.717, 1.165) is 17.5 Å². The smallest absolute Gasteiger partial charge is 0.132 e. The standard InChI is InChI=1S/C14H16N2.C2H6.C2H4/c1-9-3-4-11-7-12(5-6-13(9)11)14-15-8-10(2)16-14;2*1-2/h5-7,9H,2-4,8H2,1H3,(H,15,16);1-2H3;1-2H2. The molecule has 1 aliphatic carbocycles. The summed E-state index contributed by atoms with van der Waals surface area (Å²) in [5, 5.41) is 3.23. The molecule has 2 aliphatic rings. The highest BCUT2D eigenvalue weighted by Gasteiger charge is 2.20. The zero-order valence-corrected chi connectivity index (χ0v) is 13.0. The van der Waals surface area contributed by atoms with Crippen molar-refractivity contribution >= 4 is 5.84 Å². The quantitative estimate of drug-likeness (QED) is 0.750. The predicted molar refractivity (Wildman–Crippen MR) is 89.5 cm³/mol. The third kappa shape index (κ3) is 3.38. The largest absolute Gasteiger partial charge is 0.342 e. The van der Waals surface area contributed by atoms with Gasteiger partial charge in [-0.15, -0.1) is 13.2 Å². The van der Waals surface area contributed by atoms with E-state index < -0.39 is 0 Å². The number of aliphatic imine (C=N–C) groups is 1. The summed E-state index contributed by atoms with van der Waals surface area (Å²) in [6.07, 6.45) is 2.49. The number of nitrogens with zero attached hydrogens (tertiary/aromatic N) is 1. The molecule has 108 valence electrons. The molecular weight excluding hydrogens is 244 g/mol. The lowest BCUT2D eigenvalue weighted by atomic mass is 10.0. The number of fused-ring (bicyclic) bond motifs is 1.